The Kier molecular flexibility index (Phi) is 6.26. The Morgan fingerprint density at radius 1 is 1.18 bits per heavy atom. The van der Waals surface area contributed by atoms with Crippen LogP contribution in [0.25, 0.3) is 0 Å². The van der Waals surface area contributed by atoms with E-state index >= 15 is 0 Å². The number of nitrogens with two attached hydrogens (primary N) is 1. The maximum absolute atomic E-state index is 12.5. The highest BCUT2D eigenvalue weighted by molar-refractivity contribution is 7.89. The predicted molar refractivity (Wildman–Crippen MR) is 79.2 cm³/mol. The summed E-state index contributed by atoms with van der Waals surface area (Å²) >= 11 is 0. The molecule has 0 saturated heterocycles. The van der Waals surface area contributed by atoms with Crippen molar-refractivity contribution in [1.82, 2.24) is 4.72 Å². The fourth-order valence-corrected chi connectivity index (χ4v) is 3.90. The van der Waals surface area contributed by atoms with Crippen molar-refractivity contribution < 1.29 is 21.6 Å². The largest absolute Gasteiger partial charge is 0.416 e. The Hall–Kier alpha value is -0.830. The number of nitrogens with one attached hydrogen (secondary N) is 1. The molecule has 4 nitrogen and oxygen atoms in total. The van der Waals surface area contributed by atoms with Crippen LogP contribution in [-0.2, 0) is 16.2 Å². The number of alkyl halides is 3. The smallest absolute Gasteiger partial charge is 0.330 e. The molecule has 126 valence electrons. The summed E-state index contributed by atoms with van der Waals surface area (Å²) in [5.74, 6) is 0.0780. The van der Waals surface area contributed by atoms with Crippen LogP contribution in [-0.4, -0.2) is 21.0 Å². The van der Waals surface area contributed by atoms with Crippen LogP contribution in [0.2, 0.25) is 0 Å². The van der Waals surface area contributed by atoms with Crippen molar-refractivity contribution in [3.8, 4) is 0 Å². The van der Waals surface area contributed by atoms with Gasteiger partial charge < -0.3 is 5.73 Å². The highest BCUT2D eigenvalue weighted by Crippen LogP contribution is 2.30. The van der Waals surface area contributed by atoms with Gasteiger partial charge in [-0.1, -0.05) is 6.42 Å². The van der Waals surface area contributed by atoms with Crippen molar-refractivity contribution in [2.45, 2.75) is 36.4 Å². The van der Waals surface area contributed by atoms with E-state index in [1.807, 2.05) is 0 Å². The van der Waals surface area contributed by atoms with Crippen molar-refractivity contribution in [2.75, 3.05) is 6.54 Å². The summed E-state index contributed by atoms with van der Waals surface area (Å²) in [6.45, 7) is 0.389. The van der Waals surface area contributed by atoms with Crippen LogP contribution in [0.4, 0.5) is 13.2 Å². The van der Waals surface area contributed by atoms with E-state index in [9.17, 15) is 21.6 Å². The summed E-state index contributed by atoms with van der Waals surface area (Å²) in [6.07, 6.45) is -2.04. The minimum absolute atomic E-state index is 0. The van der Waals surface area contributed by atoms with Gasteiger partial charge in [-0.05, 0) is 49.6 Å². The maximum Gasteiger partial charge on any atom is 0.416 e. The first kappa shape index (κ1) is 19.2. The summed E-state index contributed by atoms with van der Waals surface area (Å²) in [5.41, 5.74) is 4.72. The van der Waals surface area contributed by atoms with Crippen molar-refractivity contribution >= 4 is 22.4 Å². The molecular weight excluding hydrogens is 341 g/mol. The fourth-order valence-electron chi connectivity index (χ4n) is 2.56. The molecule has 0 spiro atoms. The van der Waals surface area contributed by atoms with Gasteiger partial charge in [0.1, 0.15) is 0 Å². The maximum atomic E-state index is 12.5. The van der Waals surface area contributed by atoms with Crippen molar-refractivity contribution in [2.24, 2.45) is 11.7 Å². The van der Waals surface area contributed by atoms with Crippen LogP contribution in [0.1, 0.15) is 24.8 Å². The monoisotopic (exact) mass is 358 g/mol. The van der Waals surface area contributed by atoms with Gasteiger partial charge in [0, 0.05) is 6.04 Å². The summed E-state index contributed by atoms with van der Waals surface area (Å²) in [4.78, 5) is -0.168. The van der Waals surface area contributed by atoms with Gasteiger partial charge in [0.2, 0.25) is 10.0 Å². The third-order valence-electron chi connectivity index (χ3n) is 3.76. The van der Waals surface area contributed by atoms with Gasteiger partial charge in [-0.25, -0.2) is 13.1 Å². The van der Waals surface area contributed by atoms with Crippen LogP contribution in [0.15, 0.2) is 29.2 Å². The molecule has 2 unspecified atom stereocenters. The number of benzene rings is 1. The van der Waals surface area contributed by atoms with Crippen LogP contribution in [0, 0.1) is 5.92 Å². The van der Waals surface area contributed by atoms with E-state index in [0.717, 1.165) is 37.1 Å². The van der Waals surface area contributed by atoms with Gasteiger partial charge in [-0.15, -0.1) is 12.4 Å². The lowest BCUT2D eigenvalue weighted by molar-refractivity contribution is -0.137. The van der Waals surface area contributed by atoms with E-state index in [-0.39, 0.29) is 29.3 Å². The molecule has 1 saturated carbocycles. The molecular formula is C13H18ClF3N2O2S. The average molecular weight is 359 g/mol. The molecule has 22 heavy (non-hydrogen) atoms. The fraction of sp³-hybridized carbons (Fsp3) is 0.538. The van der Waals surface area contributed by atoms with E-state index in [0.29, 0.717) is 13.0 Å². The van der Waals surface area contributed by atoms with E-state index < -0.39 is 21.8 Å². The molecule has 1 aromatic rings. The van der Waals surface area contributed by atoms with Gasteiger partial charge >= 0.3 is 6.18 Å². The Bertz CT molecular complexity index is 590. The average Bonchev–Trinajstić information content (AvgIpc) is 2.84. The van der Waals surface area contributed by atoms with Crippen LogP contribution >= 0.6 is 12.4 Å². The van der Waals surface area contributed by atoms with Crippen molar-refractivity contribution in [3.05, 3.63) is 29.8 Å². The second-order valence-corrected chi connectivity index (χ2v) is 6.89. The van der Waals surface area contributed by atoms with Crippen molar-refractivity contribution in [3.63, 3.8) is 0 Å². The highest BCUT2D eigenvalue weighted by Gasteiger charge is 2.32. The topological polar surface area (TPSA) is 72.2 Å². The number of rotatable bonds is 4. The number of hydrogen-bond acceptors (Lipinski definition) is 3. The highest BCUT2D eigenvalue weighted by atomic mass is 35.5. The zero-order valence-corrected chi connectivity index (χ0v) is 13.3. The third-order valence-corrected chi connectivity index (χ3v) is 5.27. The first-order valence-electron chi connectivity index (χ1n) is 6.63. The van der Waals surface area contributed by atoms with Gasteiger partial charge in [0.25, 0.3) is 0 Å². The molecule has 2 rings (SSSR count). The lowest BCUT2D eigenvalue weighted by atomic mass is 10.1. The summed E-state index contributed by atoms with van der Waals surface area (Å²) in [5, 5.41) is 0. The lowest BCUT2D eigenvalue weighted by Crippen LogP contribution is -2.39. The molecule has 2 atom stereocenters. The molecule has 0 radical (unpaired) electrons. The summed E-state index contributed by atoms with van der Waals surface area (Å²) < 4.78 is 64.3. The van der Waals surface area contributed by atoms with Crippen LogP contribution in [0.3, 0.4) is 0 Å². The second kappa shape index (κ2) is 7.16. The van der Waals surface area contributed by atoms with Crippen LogP contribution < -0.4 is 10.5 Å². The normalized spacial score (nSPS) is 22.4. The molecule has 1 fully saturated rings. The number of hydrogen-bond donors (Lipinski definition) is 2. The predicted octanol–water partition coefficient (Wildman–Crippen LogP) is 2.53. The van der Waals surface area contributed by atoms with Gasteiger partial charge in [-0.2, -0.15) is 13.2 Å². The van der Waals surface area contributed by atoms with E-state index in [4.69, 9.17) is 5.73 Å². The Morgan fingerprint density at radius 2 is 1.77 bits per heavy atom. The molecule has 1 aromatic carbocycles. The number of halogens is 4. The molecule has 9 heteroatoms. The summed E-state index contributed by atoms with van der Waals surface area (Å²) in [6, 6.07) is 3.23. The van der Waals surface area contributed by atoms with E-state index in [2.05, 4.69) is 4.72 Å². The lowest BCUT2D eigenvalue weighted by Gasteiger charge is -2.19. The van der Waals surface area contributed by atoms with E-state index in [1.165, 1.54) is 0 Å². The zero-order valence-electron chi connectivity index (χ0n) is 11.6. The number of sulfonamides is 1. The Balaban J connectivity index is 0.00000242. The van der Waals surface area contributed by atoms with Gasteiger partial charge in [-0.3, -0.25) is 0 Å². The molecule has 0 aromatic heterocycles. The minimum atomic E-state index is -4.48. The van der Waals surface area contributed by atoms with Crippen molar-refractivity contribution in [1.29, 1.82) is 0 Å². The SMILES string of the molecule is Cl.NCC1CCCC1NS(=O)(=O)c1ccc(C(F)(F)F)cc1. The first-order chi connectivity index (χ1) is 9.74. The molecule has 0 amide bonds. The Labute approximate surface area is 133 Å². The molecule has 1 aliphatic rings. The molecule has 0 heterocycles. The zero-order chi connectivity index (χ0) is 15.7. The standard InChI is InChI=1S/C13H17F3N2O2S.ClH/c14-13(15,16)10-4-6-11(7-5-10)21(19,20)18-12-3-1-2-9(12)8-17;/h4-7,9,12,18H,1-3,8,17H2;1H. The van der Waals surface area contributed by atoms with Gasteiger partial charge in [0.15, 0.2) is 0 Å². The van der Waals surface area contributed by atoms with Crippen LogP contribution in [0.5, 0.6) is 0 Å². The molecule has 3 N–H and O–H groups in total. The Morgan fingerprint density at radius 3 is 2.27 bits per heavy atom. The second-order valence-electron chi connectivity index (χ2n) is 5.18. The third kappa shape index (κ3) is 4.34. The van der Waals surface area contributed by atoms with E-state index in [1.54, 1.807) is 0 Å². The first-order valence-corrected chi connectivity index (χ1v) is 8.12. The quantitative estimate of drug-likeness (QED) is 0.868. The molecule has 0 aliphatic heterocycles. The molecule has 1 aliphatic carbocycles. The summed E-state index contributed by atoms with van der Waals surface area (Å²) in [7, 11) is -3.82. The minimum Gasteiger partial charge on any atom is -0.330 e. The van der Waals surface area contributed by atoms with Gasteiger partial charge in [0.05, 0.1) is 10.5 Å². The molecule has 0 bridgehead atoms.